The molecule has 0 heterocycles. The monoisotopic (exact) mass is 260 g/mol. The third kappa shape index (κ3) is 5.26. The van der Waals surface area contributed by atoms with E-state index in [1.165, 1.54) is 24.3 Å². The van der Waals surface area contributed by atoms with Crippen LogP contribution < -0.4 is 40.0 Å². The van der Waals surface area contributed by atoms with Crippen LogP contribution in [-0.2, 0) is 4.79 Å². The van der Waals surface area contributed by atoms with Crippen LogP contribution in [0.25, 0.3) is 0 Å². The SMILES string of the molecule is O=C([O-])CCNC(=O)c1ccc([N+](=O)[O-])cc1.[Na+]. The van der Waals surface area contributed by atoms with Crippen molar-refractivity contribution in [3.05, 3.63) is 39.9 Å². The number of rotatable bonds is 5. The summed E-state index contributed by atoms with van der Waals surface area (Å²) in [5.74, 6) is -1.74. The number of nitro groups is 1. The normalized spacial score (nSPS) is 9.11. The minimum atomic E-state index is -1.26. The Bertz CT molecular complexity index is 446. The van der Waals surface area contributed by atoms with Crippen LogP contribution in [0, 0.1) is 10.1 Å². The smallest absolute Gasteiger partial charge is 0.550 e. The summed E-state index contributed by atoms with van der Waals surface area (Å²) in [7, 11) is 0. The Morgan fingerprint density at radius 3 is 2.22 bits per heavy atom. The van der Waals surface area contributed by atoms with Gasteiger partial charge in [0, 0.05) is 36.6 Å². The number of nitrogens with zero attached hydrogens (tertiary/aromatic N) is 1. The van der Waals surface area contributed by atoms with E-state index >= 15 is 0 Å². The Morgan fingerprint density at radius 2 is 1.78 bits per heavy atom. The molecule has 1 amide bonds. The summed E-state index contributed by atoms with van der Waals surface area (Å²) in [6.07, 6.45) is -0.279. The van der Waals surface area contributed by atoms with Gasteiger partial charge in [0.05, 0.1) is 4.92 Å². The molecule has 8 heteroatoms. The molecule has 1 aromatic rings. The first-order valence-corrected chi connectivity index (χ1v) is 4.73. The minimum absolute atomic E-state index is 0. The maximum atomic E-state index is 11.4. The van der Waals surface area contributed by atoms with Crippen LogP contribution in [0.2, 0.25) is 0 Å². The van der Waals surface area contributed by atoms with Crippen LogP contribution in [0.15, 0.2) is 24.3 Å². The van der Waals surface area contributed by atoms with E-state index in [2.05, 4.69) is 5.32 Å². The van der Waals surface area contributed by atoms with Gasteiger partial charge in [0.15, 0.2) is 0 Å². The number of aliphatic carboxylic acids is 1. The summed E-state index contributed by atoms with van der Waals surface area (Å²) in [6.45, 7) is -0.0435. The number of non-ortho nitro benzene ring substituents is 1. The van der Waals surface area contributed by atoms with Crippen molar-refractivity contribution in [2.75, 3.05) is 6.54 Å². The molecule has 0 aliphatic heterocycles. The van der Waals surface area contributed by atoms with Gasteiger partial charge in [-0.25, -0.2) is 0 Å². The summed E-state index contributed by atoms with van der Waals surface area (Å²) in [4.78, 5) is 31.3. The first-order valence-electron chi connectivity index (χ1n) is 4.73. The number of carbonyl (C=O) groups is 2. The van der Waals surface area contributed by atoms with Crippen molar-refractivity contribution in [3.8, 4) is 0 Å². The molecular formula is C10H9N2NaO5. The first kappa shape index (κ1) is 16.6. The van der Waals surface area contributed by atoms with Crippen LogP contribution in [0.4, 0.5) is 5.69 Å². The number of benzene rings is 1. The summed E-state index contributed by atoms with van der Waals surface area (Å²) in [5, 5.41) is 22.8. The van der Waals surface area contributed by atoms with Gasteiger partial charge in [0.25, 0.3) is 11.6 Å². The Hall–Kier alpha value is -1.44. The third-order valence-electron chi connectivity index (χ3n) is 1.95. The van der Waals surface area contributed by atoms with Gasteiger partial charge in [0.1, 0.15) is 0 Å². The van der Waals surface area contributed by atoms with Crippen LogP contribution in [-0.4, -0.2) is 23.3 Å². The van der Waals surface area contributed by atoms with Crippen molar-refractivity contribution in [2.24, 2.45) is 0 Å². The summed E-state index contributed by atoms with van der Waals surface area (Å²) in [6, 6.07) is 5.00. The number of nitro benzene ring substituents is 1. The number of amides is 1. The number of nitrogens with one attached hydrogen (secondary N) is 1. The maximum Gasteiger partial charge on any atom is 1.00 e. The zero-order valence-electron chi connectivity index (χ0n) is 9.71. The molecule has 1 aromatic carbocycles. The molecule has 18 heavy (non-hydrogen) atoms. The van der Waals surface area contributed by atoms with E-state index < -0.39 is 16.8 Å². The zero-order chi connectivity index (χ0) is 12.8. The fourth-order valence-corrected chi connectivity index (χ4v) is 1.11. The molecule has 0 atom stereocenters. The van der Waals surface area contributed by atoms with Gasteiger partial charge >= 0.3 is 29.6 Å². The summed E-state index contributed by atoms with van der Waals surface area (Å²) < 4.78 is 0. The average Bonchev–Trinajstić information content (AvgIpc) is 2.28. The molecule has 0 aliphatic carbocycles. The van der Waals surface area contributed by atoms with E-state index in [1.54, 1.807) is 0 Å². The molecule has 0 saturated carbocycles. The van der Waals surface area contributed by atoms with Gasteiger partial charge in [-0.3, -0.25) is 14.9 Å². The first-order chi connectivity index (χ1) is 8.00. The van der Waals surface area contributed by atoms with Gasteiger partial charge in [-0.1, -0.05) is 0 Å². The molecule has 90 valence electrons. The predicted octanol–water partition coefficient (Wildman–Crippen LogP) is -3.53. The molecule has 0 unspecified atom stereocenters. The van der Waals surface area contributed by atoms with Crippen molar-refractivity contribution in [2.45, 2.75) is 6.42 Å². The Morgan fingerprint density at radius 1 is 1.22 bits per heavy atom. The van der Waals surface area contributed by atoms with E-state index in [-0.39, 0.29) is 53.8 Å². The molecule has 7 nitrogen and oxygen atoms in total. The van der Waals surface area contributed by atoms with E-state index in [4.69, 9.17) is 0 Å². The second-order valence-electron chi connectivity index (χ2n) is 3.18. The zero-order valence-corrected chi connectivity index (χ0v) is 11.7. The summed E-state index contributed by atoms with van der Waals surface area (Å²) in [5.41, 5.74) is 0.116. The van der Waals surface area contributed by atoms with E-state index in [9.17, 15) is 24.8 Å². The molecule has 0 aromatic heterocycles. The minimum Gasteiger partial charge on any atom is -0.550 e. The average molecular weight is 260 g/mol. The van der Waals surface area contributed by atoms with Crippen LogP contribution in [0.3, 0.4) is 0 Å². The Labute approximate surface area is 125 Å². The third-order valence-corrected chi connectivity index (χ3v) is 1.95. The Balaban J connectivity index is 0.00000289. The molecule has 0 bridgehead atoms. The van der Waals surface area contributed by atoms with Gasteiger partial charge in [-0.05, 0) is 12.1 Å². The van der Waals surface area contributed by atoms with Crippen molar-refractivity contribution >= 4 is 17.6 Å². The second-order valence-corrected chi connectivity index (χ2v) is 3.18. The molecule has 0 radical (unpaired) electrons. The second kappa shape index (κ2) is 7.80. The molecule has 1 N–H and O–H groups in total. The van der Waals surface area contributed by atoms with E-state index in [1.807, 2.05) is 0 Å². The van der Waals surface area contributed by atoms with Gasteiger partial charge < -0.3 is 15.2 Å². The fourth-order valence-electron chi connectivity index (χ4n) is 1.11. The number of carboxylic acids is 1. The quantitative estimate of drug-likeness (QED) is 0.335. The maximum absolute atomic E-state index is 11.4. The van der Waals surface area contributed by atoms with Gasteiger partial charge in [-0.2, -0.15) is 0 Å². The number of carboxylic acid groups (broad SMARTS) is 1. The topological polar surface area (TPSA) is 112 Å². The van der Waals surface area contributed by atoms with Crippen molar-refractivity contribution < 1.29 is 49.2 Å². The standard InChI is InChI=1S/C10H10N2O5.Na/c13-9(14)5-6-11-10(15)7-1-3-8(4-2-7)12(16)17;/h1-4H,5-6H2,(H,11,15)(H,13,14);/q;+1/p-1. The Kier molecular flexibility index (Phi) is 7.18. The molecule has 0 aliphatic rings. The van der Waals surface area contributed by atoms with Crippen LogP contribution in [0.1, 0.15) is 16.8 Å². The molecule has 0 spiro atoms. The molecule has 0 saturated heterocycles. The summed E-state index contributed by atoms with van der Waals surface area (Å²) >= 11 is 0. The predicted molar refractivity (Wildman–Crippen MR) is 55.1 cm³/mol. The van der Waals surface area contributed by atoms with Crippen molar-refractivity contribution in [1.82, 2.24) is 5.32 Å². The molecular weight excluding hydrogens is 251 g/mol. The van der Waals surface area contributed by atoms with E-state index in [0.29, 0.717) is 0 Å². The number of carbonyl (C=O) groups excluding carboxylic acids is 2. The van der Waals surface area contributed by atoms with Gasteiger partial charge in [-0.15, -0.1) is 0 Å². The fraction of sp³-hybridized carbons (Fsp3) is 0.200. The van der Waals surface area contributed by atoms with Crippen molar-refractivity contribution in [3.63, 3.8) is 0 Å². The largest absolute Gasteiger partial charge is 1.00 e. The number of hydrogen-bond acceptors (Lipinski definition) is 5. The molecule has 1 rings (SSSR count). The van der Waals surface area contributed by atoms with Crippen molar-refractivity contribution in [1.29, 1.82) is 0 Å². The van der Waals surface area contributed by atoms with Crippen LogP contribution >= 0.6 is 0 Å². The van der Waals surface area contributed by atoms with Gasteiger partial charge in [0.2, 0.25) is 0 Å². The molecule has 0 fully saturated rings. The van der Waals surface area contributed by atoms with Crippen LogP contribution in [0.5, 0.6) is 0 Å². The van der Waals surface area contributed by atoms with E-state index in [0.717, 1.165) is 0 Å². The number of hydrogen-bond donors (Lipinski definition) is 1.